The van der Waals surface area contributed by atoms with E-state index < -0.39 is 10.0 Å². The highest BCUT2D eigenvalue weighted by molar-refractivity contribution is 7.89. The van der Waals surface area contributed by atoms with E-state index in [0.717, 1.165) is 4.41 Å². The summed E-state index contributed by atoms with van der Waals surface area (Å²) in [6, 6.07) is 10.0. The number of nitrogens with zero attached hydrogens (tertiary/aromatic N) is 5. The first kappa shape index (κ1) is 17.4. The second-order valence-corrected chi connectivity index (χ2v) is 7.58. The van der Waals surface area contributed by atoms with Crippen LogP contribution in [-0.4, -0.2) is 35.7 Å². The number of hydrogen-bond donors (Lipinski definition) is 1. The Labute approximate surface area is 150 Å². The van der Waals surface area contributed by atoms with E-state index in [-0.39, 0.29) is 4.90 Å². The molecule has 0 aliphatic carbocycles. The zero-order valence-corrected chi connectivity index (χ0v) is 15.0. The Balaban J connectivity index is 1.96. The largest absolute Gasteiger partial charge is 0.399 e. The average Bonchev–Trinajstić information content (AvgIpc) is 3.03. The van der Waals surface area contributed by atoms with Crippen molar-refractivity contribution in [3.63, 3.8) is 0 Å². The van der Waals surface area contributed by atoms with Gasteiger partial charge in [-0.1, -0.05) is 6.07 Å². The van der Waals surface area contributed by atoms with Crippen LogP contribution in [0.25, 0.3) is 5.52 Å². The second kappa shape index (κ2) is 6.50. The molecule has 0 atom stereocenters. The molecule has 9 heteroatoms. The van der Waals surface area contributed by atoms with Crippen molar-refractivity contribution in [1.29, 1.82) is 5.26 Å². The van der Waals surface area contributed by atoms with Crippen molar-refractivity contribution < 1.29 is 8.42 Å². The van der Waals surface area contributed by atoms with Crippen molar-refractivity contribution in [2.75, 3.05) is 12.8 Å². The maximum Gasteiger partial charge on any atom is 0.279 e. The van der Waals surface area contributed by atoms with Gasteiger partial charge in [0, 0.05) is 24.5 Å². The monoisotopic (exact) mass is 368 g/mol. The Morgan fingerprint density at radius 2 is 2.12 bits per heavy atom. The molecule has 2 heterocycles. The summed E-state index contributed by atoms with van der Waals surface area (Å²) >= 11 is 0. The quantitative estimate of drug-likeness (QED) is 0.428. The Bertz CT molecular complexity index is 1160. The second-order valence-electron chi connectivity index (χ2n) is 5.67. The van der Waals surface area contributed by atoms with E-state index in [2.05, 4.69) is 16.3 Å². The summed E-state index contributed by atoms with van der Waals surface area (Å²) in [6.45, 7) is 1.69. The Morgan fingerprint density at radius 1 is 1.35 bits per heavy atom. The minimum Gasteiger partial charge on any atom is -0.399 e. The lowest BCUT2D eigenvalue weighted by atomic mass is 10.2. The number of rotatable bonds is 4. The van der Waals surface area contributed by atoms with Gasteiger partial charge in [-0.15, -0.1) is 0 Å². The van der Waals surface area contributed by atoms with Crippen molar-refractivity contribution in [2.45, 2.75) is 11.8 Å². The fourth-order valence-corrected chi connectivity index (χ4v) is 3.63. The van der Waals surface area contributed by atoms with E-state index in [1.165, 1.54) is 19.3 Å². The third kappa shape index (κ3) is 3.10. The summed E-state index contributed by atoms with van der Waals surface area (Å²) in [5, 5.41) is 17.2. The number of nitrogens with two attached hydrogens (primary N) is 1. The number of fused-ring (bicyclic) bond motifs is 1. The van der Waals surface area contributed by atoms with Gasteiger partial charge in [0.1, 0.15) is 0 Å². The number of sulfonamides is 1. The minimum absolute atomic E-state index is 0.101. The van der Waals surface area contributed by atoms with Crippen LogP contribution in [-0.2, 0) is 10.0 Å². The molecular weight excluding hydrogens is 352 g/mol. The summed E-state index contributed by atoms with van der Waals surface area (Å²) in [5.41, 5.74) is 8.36. The van der Waals surface area contributed by atoms with Gasteiger partial charge >= 0.3 is 0 Å². The number of hydrazone groups is 1. The highest BCUT2D eigenvalue weighted by Crippen LogP contribution is 2.22. The first-order valence-corrected chi connectivity index (χ1v) is 9.03. The lowest BCUT2D eigenvalue weighted by molar-refractivity contribution is 0.490. The average molecular weight is 368 g/mol. The van der Waals surface area contributed by atoms with E-state index in [1.54, 1.807) is 48.1 Å². The Hall–Kier alpha value is -3.38. The Morgan fingerprint density at radius 3 is 2.85 bits per heavy atom. The smallest absolute Gasteiger partial charge is 0.279 e. The number of benzene rings is 1. The Kier molecular flexibility index (Phi) is 4.36. The molecule has 0 saturated heterocycles. The molecule has 0 saturated carbocycles. The van der Waals surface area contributed by atoms with Crippen molar-refractivity contribution in [1.82, 2.24) is 14.0 Å². The van der Waals surface area contributed by atoms with Gasteiger partial charge in [-0.2, -0.15) is 28.3 Å². The van der Waals surface area contributed by atoms with Crippen LogP contribution < -0.4 is 5.73 Å². The number of aromatic nitrogens is 2. The van der Waals surface area contributed by atoms with Gasteiger partial charge in [-0.05, 0) is 36.8 Å². The molecule has 132 valence electrons. The molecule has 3 aromatic rings. The van der Waals surface area contributed by atoms with E-state index in [0.29, 0.717) is 27.9 Å². The van der Waals surface area contributed by atoms with Crippen molar-refractivity contribution in [3.8, 4) is 6.07 Å². The summed E-state index contributed by atoms with van der Waals surface area (Å²) in [7, 11) is -2.49. The molecule has 0 bridgehead atoms. The van der Waals surface area contributed by atoms with E-state index in [9.17, 15) is 8.42 Å². The molecular formula is C17H16N6O2S. The molecule has 0 unspecified atom stereocenters. The molecule has 0 aliphatic heterocycles. The van der Waals surface area contributed by atoms with E-state index >= 15 is 0 Å². The standard InChI is InChI=1S/C17H16N6O2S/c1-12-3-4-15(19)8-17(12)26(24,25)22(2)20-10-14-11-21-23-6-5-13(9-18)7-16(14)23/h3-8,10-11H,19H2,1-2H3/b20-10+. The van der Waals surface area contributed by atoms with E-state index in [1.807, 2.05) is 0 Å². The van der Waals surface area contributed by atoms with Gasteiger partial charge in [0.25, 0.3) is 10.0 Å². The highest BCUT2D eigenvalue weighted by atomic mass is 32.2. The van der Waals surface area contributed by atoms with Crippen LogP contribution in [0.1, 0.15) is 16.7 Å². The van der Waals surface area contributed by atoms with Crippen LogP contribution in [0.2, 0.25) is 0 Å². The first-order valence-electron chi connectivity index (χ1n) is 7.59. The normalized spacial score (nSPS) is 11.7. The number of nitriles is 1. The van der Waals surface area contributed by atoms with Gasteiger partial charge in [-0.25, -0.2) is 4.52 Å². The summed E-state index contributed by atoms with van der Waals surface area (Å²) in [5.74, 6) is 0. The molecule has 8 nitrogen and oxygen atoms in total. The topological polar surface area (TPSA) is 117 Å². The number of pyridine rings is 1. The summed E-state index contributed by atoms with van der Waals surface area (Å²) in [4.78, 5) is 0.101. The molecule has 0 radical (unpaired) electrons. The van der Waals surface area contributed by atoms with Gasteiger partial charge in [0.2, 0.25) is 0 Å². The lowest BCUT2D eigenvalue weighted by Crippen LogP contribution is -2.22. The number of anilines is 1. The SMILES string of the molecule is Cc1ccc(N)cc1S(=O)(=O)N(C)/N=C/c1cnn2ccc(C#N)cc12. The van der Waals surface area contributed by atoms with Crippen molar-refractivity contribution >= 4 is 27.4 Å². The van der Waals surface area contributed by atoms with Gasteiger partial charge < -0.3 is 5.73 Å². The third-order valence-electron chi connectivity index (χ3n) is 3.88. The van der Waals surface area contributed by atoms with Crippen LogP contribution in [0.5, 0.6) is 0 Å². The number of nitrogen functional groups attached to an aromatic ring is 1. The van der Waals surface area contributed by atoms with Crippen molar-refractivity contribution in [2.24, 2.45) is 5.10 Å². The predicted molar refractivity (Wildman–Crippen MR) is 98.0 cm³/mol. The van der Waals surface area contributed by atoms with Gasteiger partial charge in [0.15, 0.2) is 0 Å². The van der Waals surface area contributed by atoms with Crippen LogP contribution in [0.15, 0.2) is 52.7 Å². The molecule has 0 amide bonds. The van der Waals surface area contributed by atoms with Crippen molar-refractivity contribution in [3.05, 3.63) is 59.4 Å². The molecule has 1 aromatic carbocycles. The molecule has 0 aliphatic rings. The fraction of sp³-hybridized carbons (Fsp3) is 0.118. The molecule has 0 spiro atoms. The molecule has 2 N–H and O–H groups in total. The molecule has 3 rings (SSSR count). The van der Waals surface area contributed by atoms with Gasteiger partial charge in [-0.3, -0.25) is 0 Å². The highest BCUT2D eigenvalue weighted by Gasteiger charge is 2.21. The van der Waals surface area contributed by atoms with Gasteiger partial charge in [0.05, 0.1) is 34.5 Å². The molecule has 2 aromatic heterocycles. The number of hydrogen-bond acceptors (Lipinski definition) is 6. The van der Waals surface area contributed by atoms with Crippen LogP contribution >= 0.6 is 0 Å². The predicted octanol–water partition coefficient (Wildman–Crippen LogP) is 1.75. The zero-order chi connectivity index (χ0) is 18.9. The number of aryl methyl sites for hydroxylation is 1. The first-order chi connectivity index (χ1) is 12.3. The molecule has 26 heavy (non-hydrogen) atoms. The third-order valence-corrected chi connectivity index (χ3v) is 5.66. The zero-order valence-electron chi connectivity index (χ0n) is 14.2. The van der Waals surface area contributed by atoms with Crippen LogP contribution in [0.4, 0.5) is 5.69 Å². The summed E-state index contributed by atoms with van der Waals surface area (Å²) < 4.78 is 27.9. The van der Waals surface area contributed by atoms with Crippen LogP contribution in [0.3, 0.4) is 0 Å². The lowest BCUT2D eigenvalue weighted by Gasteiger charge is -2.15. The maximum absolute atomic E-state index is 12.7. The van der Waals surface area contributed by atoms with Crippen LogP contribution in [0, 0.1) is 18.3 Å². The van der Waals surface area contributed by atoms with E-state index in [4.69, 9.17) is 11.0 Å². The summed E-state index contributed by atoms with van der Waals surface area (Å²) in [6.07, 6.45) is 4.59. The molecule has 0 fully saturated rings. The fourth-order valence-electron chi connectivity index (χ4n) is 2.41. The maximum atomic E-state index is 12.7. The minimum atomic E-state index is -3.84.